The van der Waals surface area contributed by atoms with Crippen molar-refractivity contribution >= 4 is 46.5 Å². The number of nitrogens with one attached hydrogen (secondary N) is 2. The lowest BCUT2D eigenvalue weighted by Gasteiger charge is -2.10. The number of carbonyl (C=O) groups excluding carboxylic acids is 2. The van der Waals surface area contributed by atoms with Gasteiger partial charge >= 0.3 is 0 Å². The topological polar surface area (TPSA) is 76.0 Å². The maximum atomic E-state index is 12.6. The maximum absolute atomic E-state index is 12.6. The van der Waals surface area contributed by atoms with E-state index in [0.29, 0.717) is 28.0 Å². The summed E-state index contributed by atoms with van der Waals surface area (Å²) in [5, 5.41) is 11.1. The van der Waals surface area contributed by atoms with E-state index in [1.54, 1.807) is 22.9 Å². The van der Waals surface area contributed by atoms with Gasteiger partial charge in [0.1, 0.15) is 11.9 Å². The largest absolute Gasteiger partial charge is 0.326 e. The molecule has 2 aromatic carbocycles. The van der Waals surface area contributed by atoms with E-state index in [1.165, 1.54) is 0 Å². The Morgan fingerprint density at radius 3 is 2.47 bits per heavy atom. The Morgan fingerprint density at radius 2 is 1.83 bits per heavy atom. The van der Waals surface area contributed by atoms with Crippen LogP contribution in [-0.4, -0.2) is 21.6 Å². The van der Waals surface area contributed by atoms with Crippen molar-refractivity contribution < 1.29 is 9.59 Å². The van der Waals surface area contributed by atoms with E-state index in [4.69, 9.17) is 23.2 Å². The van der Waals surface area contributed by atoms with Crippen LogP contribution >= 0.6 is 23.2 Å². The molecule has 1 aromatic heterocycles. The predicted octanol–water partition coefficient (Wildman–Crippen LogP) is 5.25. The summed E-state index contributed by atoms with van der Waals surface area (Å²) in [6, 6.07) is 12.1. The van der Waals surface area contributed by atoms with Crippen LogP contribution in [0.1, 0.15) is 30.6 Å². The van der Waals surface area contributed by atoms with E-state index in [0.717, 1.165) is 22.4 Å². The zero-order valence-corrected chi connectivity index (χ0v) is 18.0. The molecule has 2 amide bonds. The molecule has 8 heteroatoms. The van der Waals surface area contributed by atoms with Crippen LogP contribution in [0.15, 0.2) is 42.5 Å². The molecule has 3 aromatic rings. The van der Waals surface area contributed by atoms with Gasteiger partial charge in [0.15, 0.2) is 0 Å². The van der Waals surface area contributed by atoms with Crippen molar-refractivity contribution in [2.75, 3.05) is 10.6 Å². The van der Waals surface area contributed by atoms with Gasteiger partial charge in [0.25, 0.3) is 5.91 Å². The van der Waals surface area contributed by atoms with Gasteiger partial charge in [-0.15, -0.1) is 0 Å². The average molecular weight is 443 g/mol. The second kappa shape index (κ2) is 8.13. The highest BCUT2D eigenvalue weighted by Gasteiger charge is 2.36. The number of carbonyl (C=O) groups is 2. The molecule has 0 bridgehead atoms. The first-order valence-electron chi connectivity index (χ1n) is 9.61. The summed E-state index contributed by atoms with van der Waals surface area (Å²) in [6.45, 7) is 4.04. The summed E-state index contributed by atoms with van der Waals surface area (Å²) < 4.78 is 1.63. The molecule has 1 aliphatic heterocycles. The van der Waals surface area contributed by atoms with Crippen molar-refractivity contribution in [3.63, 3.8) is 0 Å². The number of benzene rings is 2. The van der Waals surface area contributed by atoms with E-state index in [-0.39, 0.29) is 18.2 Å². The second-order valence-corrected chi connectivity index (χ2v) is 8.12. The number of anilines is 2. The number of fused-ring (bicyclic) bond motifs is 1. The summed E-state index contributed by atoms with van der Waals surface area (Å²) in [5.74, 6) is 0.0452. The summed E-state index contributed by atoms with van der Waals surface area (Å²) >= 11 is 12.0. The minimum atomic E-state index is -0.723. The third-order valence-corrected chi connectivity index (χ3v) is 5.46. The fourth-order valence-corrected chi connectivity index (χ4v) is 4.13. The van der Waals surface area contributed by atoms with Gasteiger partial charge in [-0.2, -0.15) is 5.10 Å². The fourth-order valence-electron chi connectivity index (χ4n) is 3.60. The quantitative estimate of drug-likeness (QED) is 0.566. The Kier molecular flexibility index (Phi) is 5.54. The normalized spacial score (nSPS) is 15.1. The summed E-state index contributed by atoms with van der Waals surface area (Å²) in [7, 11) is 0. The Labute approximate surface area is 184 Å². The van der Waals surface area contributed by atoms with Crippen molar-refractivity contribution in [3.8, 4) is 11.1 Å². The molecule has 0 spiro atoms. The third kappa shape index (κ3) is 3.93. The lowest BCUT2D eigenvalue weighted by molar-refractivity contribution is -0.123. The molecular weight excluding hydrogens is 423 g/mol. The van der Waals surface area contributed by atoms with Crippen molar-refractivity contribution in [2.45, 2.75) is 32.7 Å². The van der Waals surface area contributed by atoms with Crippen molar-refractivity contribution in [3.05, 3.63) is 63.8 Å². The second-order valence-electron chi connectivity index (χ2n) is 7.25. The van der Waals surface area contributed by atoms with Crippen molar-refractivity contribution in [1.82, 2.24) is 9.78 Å². The molecule has 1 atom stereocenters. The molecule has 154 valence electrons. The molecule has 2 N–H and O–H groups in total. The van der Waals surface area contributed by atoms with Gasteiger partial charge in [0.2, 0.25) is 5.91 Å². The van der Waals surface area contributed by atoms with Gasteiger partial charge in [-0.3, -0.25) is 9.59 Å². The van der Waals surface area contributed by atoms with Gasteiger partial charge in [0, 0.05) is 21.3 Å². The molecule has 0 radical (unpaired) electrons. The first-order valence-corrected chi connectivity index (χ1v) is 10.4. The summed E-state index contributed by atoms with van der Waals surface area (Å²) in [6.07, 6.45) is 0.653. The van der Waals surface area contributed by atoms with Crippen LogP contribution in [0.3, 0.4) is 0 Å². The van der Waals surface area contributed by atoms with Gasteiger partial charge in [0.05, 0.1) is 12.1 Å². The maximum Gasteiger partial charge on any atom is 0.251 e. The standard InChI is InChI=1S/C22H20Cl2N4O2/c1-3-17-20(13-6-4-12(2)5-7-13)21-26-22(30)18(28(21)27-17)11-19(29)25-16-9-14(23)8-15(24)10-16/h4-10,18H,3,11H2,1-2H3,(H,25,29)(H,26,30). The number of halogens is 2. The summed E-state index contributed by atoms with van der Waals surface area (Å²) in [4.78, 5) is 25.2. The number of hydrogen-bond donors (Lipinski definition) is 2. The van der Waals surface area contributed by atoms with Gasteiger partial charge in [-0.1, -0.05) is 60.0 Å². The van der Waals surface area contributed by atoms with Crippen LogP contribution in [-0.2, 0) is 16.0 Å². The van der Waals surface area contributed by atoms with Crippen LogP contribution in [0.5, 0.6) is 0 Å². The van der Waals surface area contributed by atoms with Gasteiger partial charge < -0.3 is 10.6 Å². The van der Waals surface area contributed by atoms with Crippen LogP contribution in [0.4, 0.5) is 11.5 Å². The van der Waals surface area contributed by atoms with Crippen LogP contribution < -0.4 is 10.6 Å². The number of aryl methyl sites for hydroxylation is 2. The number of hydrogen-bond acceptors (Lipinski definition) is 3. The Morgan fingerprint density at radius 1 is 1.17 bits per heavy atom. The van der Waals surface area contributed by atoms with Crippen molar-refractivity contribution in [2.24, 2.45) is 0 Å². The molecule has 6 nitrogen and oxygen atoms in total. The van der Waals surface area contributed by atoms with Gasteiger partial charge in [-0.25, -0.2) is 4.68 Å². The third-order valence-electron chi connectivity index (χ3n) is 5.02. The minimum absolute atomic E-state index is 0.0544. The predicted molar refractivity (Wildman–Crippen MR) is 119 cm³/mol. The van der Waals surface area contributed by atoms with Gasteiger partial charge in [-0.05, 0) is 37.1 Å². The van der Waals surface area contributed by atoms with E-state index in [9.17, 15) is 9.59 Å². The number of aromatic nitrogens is 2. The highest BCUT2D eigenvalue weighted by Crippen LogP contribution is 2.39. The lowest BCUT2D eigenvalue weighted by atomic mass is 10.0. The van der Waals surface area contributed by atoms with E-state index in [1.807, 2.05) is 38.1 Å². The lowest BCUT2D eigenvalue weighted by Crippen LogP contribution is -2.24. The monoisotopic (exact) mass is 442 g/mol. The van der Waals surface area contributed by atoms with E-state index in [2.05, 4.69) is 15.7 Å². The van der Waals surface area contributed by atoms with E-state index >= 15 is 0 Å². The first-order chi connectivity index (χ1) is 14.4. The molecule has 4 rings (SSSR count). The Bertz CT molecular complexity index is 1120. The molecule has 0 aliphatic carbocycles. The minimum Gasteiger partial charge on any atom is -0.326 e. The zero-order valence-electron chi connectivity index (χ0n) is 16.5. The average Bonchev–Trinajstić information content (AvgIpc) is 3.17. The Hall–Kier alpha value is -2.83. The highest BCUT2D eigenvalue weighted by atomic mass is 35.5. The molecule has 1 aliphatic rings. The highest BCUT2D eigenvalue weighted by molar-refractivity contribution is 6.35. The molecule has 0 fully saturated rings. The molecular formula is C22H20Cl2N4O2. The molecule has 2 heterocycles. The Balaban J connectivity index is 1.61. The SMILES string of the molecule is CCc1nn2c(c1-c1ccc(C)cc1)NC(=O)C2CC(=O)Nc1cc(Cl)cc(Cl)c1. The first kappa shape index (κ1) is 20.4. The molecule has 30 heavy (non-hydrogen) atoms. The number of amides is 2. The van der Waals surface area contributed by atoms with E-state index < -0.39 is 6.04 Å². The summed E-state index contributed by atoms with van der Waals surface area (Å²) in [5.41, 5.74) is 4.39. The van der Waals surface area contributed by atoms with Crippen LogP contribution in [0.25, 0.3) is 11.1 Å². The molecule has 0 saturated carbocycles. The van der Waals surface area contributed by atoms with Crippen molar-refractivity contribution in [1.29, 1.82) is 0 Å². The van der Waals surface area contributed by atoms with Crippen LogP contribution in [0, 0.1) is 6.92 Å². The number of rotatable bonds is 5. The zero-order chi connectivity index (χ0) is 21.4. The smallest absolute Gasteiger partial charge is 0.251 e. The molecule has 0 saturated heterocycles. The number of nitrogens with zero attached hydrogens (tertiary/aromatic N) is 2. The molecule has 1 unspecified atom stereocenters. The fraction of sp³-hybridized carbons (Fsp3) is 0.227. The van der Waals surface area contributed by atoms with Crippen LogP contribution in [0.2, 0.25) is 10.0 Å².